The summed E-state index contributed by atoms with van der Waals surface area (Å²) >= 11 is 0. The zero-order chi connectivity index (χ0) is 17.0. The van der Waals surface area contributed by atoms with Crippen LogP contribution in [-0.4, -0.2) is 60.5 Å². The number of carbonyl (C=O) groups is 2. The van der Waals surface area contributed by atoms with Crippen molar-refractivity contribution in [3.63, 3.8) is 0 Å². The number of hydrogen-bond acceptors (Lipinski definition) is 3. The predicted molar refractivity (Wildman–Crippen MR) is 92.7 cm³/mol. The third-order valence-corrected chi connectivity index (χ3v) is 7.61. The first-order valence-electron chi connectivity index (χ1n) is 10.3. The lowest BCUT2D eigenvalue weighted by molar-refractivity contribution is -0.162. The maximum absolute atomic E-state index is 13.6. The molecule has 5 nitrogen and oxygen atoms in total. The summed E-state index contributed by atoms with van der Waals surface area (Å²) in [6.07, 6.45) is 9.13. The van der Waals surface area contributed by atoms with Crippen LogP contribution in [0.3, 0.4) is 0 Å². The lowest BCUT2D eigenvalue weighted by Gasteiger charge is -2.56. The van der Waals surface area contributed by atoms with Crippen LogP contribution >= 0.6 is 0 Å². The predicted octanol–water partition coefficient (Wildman–Crippen LogP) is 2.05. The van der Waals surface area contributed by atoms with Crippen LogP contribution < -0.4 is 0 Å². The van der Waals surface area contributed by atoms with Gasteiger partial charge in [-0.15, -0.1) is 0 Å². The molecule has 0 radical (unpaired) electrons. The maximum Gasteiger partial charge on any atom is 0.245 e. The molecule has 0 aromatic heterocycles. The van der Waals surface area contributed by atoms with Gasteiger partial charge in [0.25, 0.3) is 0 Å². The van der Waals surface area contributed by atoms with Gasteiger partial charge in [-0.1, -0.05) is 0 Å². The SMILES string of the molecule is O=C(C1CCCN1C(=O)C12CC3CC(CC(C3)C1)C2)N1CCOCC1. The van der Waals surface area contributed by atoms with Crippen molar-refractivity contribution in [1.29, 1.82) is 0 Å². The van der Waals surface area contributed by atoms with E-state index in [9.17, 15) is 9.59 Å². The molecule has 2 amide bonds. The number of nitrogens with zero attached hydrogens (tertiary/aromatic N) is 2. The van der Waals surface area contributed by atoms with Gasteiger partial charge in [0, 0.05) is 19.6 Å². The van der Waals surface area contributed by atoms with Gasteiger partial charge >= 0.3 is 0 Å². The second kappa shape index (κ2) is 5.97. The Morgan fingerprint density at radius 2 is 1.48 bits per heavy atom. The molecule has 0 aromatic carbocycles. The highest BCUT2D eigenvalue weighted by Crippen LogP contribution is 2.60. The van der Waals surface area contributed by atoms with E-state index in [-0.39, 0.29) is 17.4 Å². The van der Waals surface area contributed by atoms with Crippen LogP contribution in [0.4, 0.5) is 0 Å². The fourth-order valence-corrected chi connectivity index (χ4v) is 6.94. The van der Waals surface area contributed by atoms with E-state index in [1.54, 1.807) is 0 Å². The van der Waals surface area contributed by atoms with Crippen molar-refractivity contribution in [2.45, 2.75) is 57.4 Å². The molecule has 4 aliphatic carbocycles. The van der Waals surface area contributed by atoms with Gasteiger partial charge in [0.2, 0.25) is 11.8 Å². The molecule has 2 saturated heterocycles. The zero-order valence-electron chi connectivity index (χ0n) is 15.1. The molecule has 6 rings (SSSR count). The van der Waals surface area contributed by atoms with Gasteiger partial charge in [0.1, 0.15) is 6.04 Å². The largest absolute Gasteiger partial charge is 0.378 e. The van der Waals surface area contributed by atoms with Gasteiger partial charge in [-0.05, 0) is 69.1 Å². The highest BCUT2D eigenvalue weighted by Gasteiger charge is 2.57. The molecule has 25 heavy (non-hydrogen) atoms. The van der Waals surface area contributed by atoms with Gasteiger partial charge in [-0.25, -0.2) is 0 Å². The summed E-state index contributed by atoms with van der Waals surface area (Å²) in [4.78, 5) is 30.6. The molecule has 2 aliphatic heterocycles. The average molecular weight is 346 g/mol. The molecular weight excluding hydrogens is 316 g/mol. The molecule has 2 heterocycles. The van der Waals surface area contributed by atoms with Gasteiger partial charge in [0.15, 0.2) is 0 Å². The summed E-state index contributed by atoms with van der Waals surface area (Å²) in [7, 11) is 0. The van der Waals surface area contributed by atoms with Gasteiger partial charge < -0.3 is 14.5 Å². The van der Waals surface area contributed by atoms with E-state index >= 15 is 0 Å². The molecule has 6 aliphatic rings. The van der Waals surface area contributed by atoms with Crippen molar-refractivity contribution in [3.8, 4) is 0 Å². The van der Waals surface area contributed by atoms with E-state index in [0.29, 0.717) is 32.2 Å². The minimum atomic E-state index is -0.210. The van der Waals surface area contributed by atoms with Crippen LogP contribution in [0.25, 0.3) is 0 Å². The van der Waals surface area contributed by atoms with E-state index in [1.165, 1.54) is 19.3 Å². The second-order valence-corrected chi connectivity index (χ2v) is 9.29. The molecule has 5 heteroatoms. The van der Waals surface area contributed by atoms with Crippen molar-refractivity contribution in [3.05, 3.63) is 0 Å². The Hall–Kier alpha value is -1.10. The monoisotopic (exact) mass is 346 g/mol. The van der Waals surface area contributed by atoms with Crippen LogP contribution in [0.1, 0.15) is 51.4 Å². The highest BCUT2D eigenvalue weighted by atomic mass is 16.5. The second-order valence-electron chi connectivity index (χ2n) is 9.29. The van der Waals surface area contributed by atoms with Crippen LogP contribution in [0.5, 0.6) is 0 Å². The lowest BCUT2D eigenvalue weighted by atomic mass is 9.49. The van der Waals surface area contributed by atoms with Crippen molar-refractivity contribution in [2.24, 2.45) is 23.2 Å². The normalized spacial score (nSPS) is 42.9. The fourth-order valence-electron chi connectivity index (χ4n) is 6.94. The van der Waals surface area contributed by atoms with Gasteiger partial charge in [-0.3, -0.25) is 9.59 Å². The first-order valence-corrected chi connectivity index (χ1v) is 10.3. The van der Waals surface area contributed by atoms with Crippen LogP contribution in [0.15, 0.2) is 0 Å². The quantitative estimate of drug-likeness (QED) is 0.769. The molecule has 1 unspecified atom stereocenters. The summed E-state index contributed by atoms with van der Waals surface area (Å²) in [6, 6.07) is -0.210. The lowest BCUT2D eigenvalue weighted by Crippen LogP contribution is -2.58. The smallest absolute Gasteiger partial charge is 0.245 e. The van der Waals surface area contributed by atoms with E-state index in [1.807, 2.05) is 9.80 Å². The third-order valence-electron chi connectivity index (χ3n) is 7.61. The van der Waals surface area contributed by atoms with Gasteiger partial charge in [-0.2, -0.15) is 0 Å². The van der Waals surface area contributed by atoms with Crippen molar-refractivity contribution >= 4 is 11.8 Å². The van der Waals surface area contributed by atoms with Crippen molar-refractivity contribution < 1.29 is 14.3 Å². The van der Waals surface area contributed by atoms with E-state index < -0.39 is 0 Å². The summed E-state index contributed by atoms with van der Waals surface area (Å²) in [5.74, 6) is 2.80. The standard InChI is InChI=1S/C20H30N2O3/c23-18(21-4-6-25-7-5-21)17-2-1-3-22(17)19(24)20-11-14-8-15(12-20)10-16(9-14)13-20/h14-17H,1-13H2. The van der Waals surface area contributed by atoms with Crippen LogP contribution in [0, 0.1) is 23.2 Å². The van der Waals surface area contributed by atoms with Crippen molar-refractivity contribution in [2.75, 3.05) is 32.8 Å². The Morgan fingerprint density at radius 3 is 2.08 bits per heavy atom. The Labute approximate surface area is 150 Å². The minimum Gasteiger partial charge on any atom is -0.378 e. The molecule has 4 saturated carbocycles. The Balaban J connectivity index is 1.35. The molecule has 0 spiro atoms. The topological polar surface area (TPSA) is 49.9 Å². The molecule has 6 fully saturated rings. The molecule has 0 aromatic rings. The number of hydrogen-bond donors (Lipinski definition) is 0. The first kappa shape index (κ1) is 16.1. The van der Waals surface area contributed by atoms with E-state index in [0.717, 1.165) is 56.4 Å². The zero-order valence-corrected chi connectivity index (χ0v) is 15.1. The minimum absolute atomic E-state index is 0.122. The summed E-state index contributed by atoms with van der Waals surface area (Å²) in [5, 5.41) is 0. The third kappa shape index (κ3) is 2.61. The summed E-state index contributed by atoms with van der Waals surface area (Å²) in [6.45, 7) is 3.38. The van der Waals surface area contributed by atoms with E-state index in [2.05, 4.69) is 0 Å². The molecular formula is C20H30N2O3. The van der Waals surface area contributed by atoms with Crippen LogP contribution in [-0.2, 0) is 14.3 Å². The highest BCUT2D eigenvalue weighted by molar-refractivity contribution is 5.91. The maximum atomic E-state index is 13.6. The number of morpholine rings is 1. The fraction of sp³-hybridized carbons (Fsp3) is 0.900. The number of amides is 2. The summed E-state index contributed by atoms with van der Waals surface area (Å²) in [5.41, 5.74) is -0.122. The van der Waals surface area contributed by atoms with Crippen LogP contribution in [0.2, 0.25) is 0 Å². The number of ether oxygens (including phenoxy) is 1. The molecule has 4 bridgehead atoms. The number of rotatable bonds is 2. The average Bonchev–Trinajstić information content (AvgIpc) is 3.09. The summed E-state index contributed by atoms with van der Waals surface area (Å²) < 4.78 is 5.38. The van der Waals surface area contributed by atoms with Gasteiger partial charge in [0.05, 0.1) is 18.6 Å². The number of likely N-dealkylation sites (tertiary alicyclic amines) is 1. The Morgan fingerprint density at radius 1 is 0.880 bits per heavy atom. The first-order chi connectivity index (χ1) is 12.1. The Bertz CT molecular complexity index is 534. The Kier molecular flexibility index (Phi) is 3.84. The van der Waals surface area contributed by atoms with E-state index in [4.69, 9.17) is 4.74 Å². The molecule has 0 N–H and O–H groups in total. The molecule has 1 atom stereocenters. The molecule has 138 valence electrons. The number of carbonyl (C=O) groups excluding carboxylic acids is 2. The van der Waals surface area contributed by atoms with Crippen molar-refractivity contribution in [1.82, 2.24) is 9.80 Å².